The van der Waals surface area contributed by atoms with Crippen LogP contribution in [0.25, 0.3) is 0 Å². The van der Waals surface area contributed by atoms with Crippen LogP contribution in [0.4, 0.5) is 0 Å². The van der Waals surface area contributed by atoms with E-state index in [1.54, 1.807) is 30.3 Å². The van der Waals surface area contributed by atoms with Gasteiger partial charge in [-0.3, -0.25) is 24.0 Å². The Morgan fingerprint density at radius 3 is 1.75 bits per heavy atom. The third kappa shape index (κ3) is 10.9. The van der Waals surface area contributed by atoms with Crippen molar-refractivity contribution >= 4 is 35.6 Å². The van der Waals surface area contributed by atoms with E-state index in [4.69, 9.17) is 26.8 Å². The average molecular weight is 510 g/mol. The second-order valence-electron chi connectivity index (χ2n) is 7.94. The second-order valence-corrected chi connectivity index (χ2v) is 7.94. The van der Waals surface area contributed by atoms with Crippen molar-refractivity contribution in [2.45, 2.75) is 56.3 Å². The molecule has 0 aliphatic heterocycles. The predicted octanol–water partition coefficient (Wildman–Crippen LogP) is -2.78. The van der Waals surface area contributed by atoms with Crippen molar-refractivity contribution < 1.29 is 44.1 Å². The summed E-state index contributed by atoms with van der Waals surface area (Å²) in [6.07, 6.45) is -1.38. The summed E-state index contributed by atoms with van der Waals surface area (Å²) in [5.41, 5.74) is 11.8. The van der Waals surface area contributed by atoms with Crippen LogP contribution in [-0.2, 0) is 35.2 Å². The molecule has 0 saturated heterocycles. The summed E-state index contributed by atoms with van der Waals surface area (Å²) >= 11 is 0. The van der Waals surface area contributed by atoms with Gasteiger partial charge in [-0.05, 0) is 24.8 Å². The number of carboxylic acid groups (broad SMARTS) is 2. The van der Waals surface area contributed by atoms with E-state index >= 15 is 0 Å². The molecule has 14 nitrogen and oxygen atoms in total. The predicted molar refractivity (Wildman–Crippen MR) is 124 cm³/mol. The Balaban J connectivity index is 2.99. The molecule has 1 aromatic carbocycles. The zero-order valence-corrected chi connectivity index (χ0v) is 19.4. The molecule has 0 spiro atoms. The lowest BCUT2D eigenvalue weighted by molar-refractivity contribution is -0.144. The smallest absolute Gasteiger partial charge is 0.328 e. The summed E-state index contributed by atoms with van der Waals surface area (Å²) in [6.45, 7) is -0.947. The molecule has 1 rings (SSSR count). The lowest BCUT2D eigenvalue weighted by atomic mass is 10.0. The molecular weight excluding hydrogens is 478 g/mol. The van der Waals surface area contributed by atoms with Crippen LogP contribution >= 0.6 is 0 Å². The minimum absolute atomic E-state index is 0.151. The van der Waals surface area contributed by atoms with Gasteiger partial charge in [0, 0.05) is 12.8 Å². The van der Waals surface area contributed by atoms with Crippen molar-refractivity contribution in [3.8, 4) is 0 Å². The highest BCUT2D eigenvalue weighted by atomic mass is 16.4. The van der Waals surface area contributed by atoms with Crippen molar-refractivity contribution in [2.24, 2.45) is 11.5 Å². The molecule has 0 fully saturated rings. The van der Waals surface area contributed by atoms with E-state index in [-0.39, 0.29) is 19.3 Å². The van der Waals surface area contributed by atoms with Crippen LogP contribution in [0.1, 0.15) is 31.2 Å². The molecule has 0 saturated carbocycles. The molecule has 0 aromatic heterocycles. The van der Waals surface area contributed by atoms with Crippen LogP contribution in [0, 0.1) is 0 Å². The first-order valence-corrected chi connectivity index (χ1v) is 11.0. The van der Waals surface area contributed by atoms with E-state index in [9.17, 15) is 28.8 Å². The largest absolute Gasteiger partial charge is 0.481 e. The molecule has 0 radical (unpaired) electrons. The van der Waals surface area contributed by atoms with Gasteiger partial charge in [-0.1, -0.05) is 30.3 Å². The topological polar surface area (TPSA) is 251 Å². The van der Waals surface area contributed by atoms with Gasteiger partial charge in [0.25, 0.3) is 0 Å². The molecule has 4 amide bonds. The first-order valence-electron chi connectivity index (χ1n) is 11.0. The van der Waals surface area contributed by atoms with E-state index in [1.165, 1.54) is 0 Å². The number of nitrogens with two attached hydrogens (primary N) is 2. The number of aliphatic hydroxyl groups is 1. The molecule has 0 aliphatic carbocycles. The van der Waals surface area contributed by atoms with Gasteiger partial charge in [0.05, 0.1) is 12.6 Å². The fourth-order valence-electron chi connectivity index (χ4n) is 3.06. The van der Waals surface area contributed by atoms with Crippen molar-refractivity contribution in [1.82, 2.24) is 16.0 Å². The second kappa shape index (κ2) is 15.1. The molecule has 36 heavy (non-hydrogen) atoms. The summed E-state index contributed by atoms with van der Waals surface area (Å²) in [4.78, 5) is 71.4. The molecule has 0 bridgehead atoms. The Kier molecular flexibility index (Phi) is 12.5. The number of aliphatic carboxylic acids is 2. The standard InChI is InChI=1S/C22H31N5O9/c23-13(10-12-4-2-1-3-5-12)19(32)25-14(6-8-17(24)29)20(33)26-15(7-9-18(30)31)21(34)27-16(11-28)22(35)36/h1-5,13-16,28H,6-11,23H2,(H2,24,29)(H,25,32)(H,26,33)(H,27,34)(H,30,31)(H,35,36). The highest BCUT2D eigenvalue weighted by Gasteiger charge is 2.30. The minimum atomic E-state index is -1.69. The molecule has 4 atom stereocenters. The number of hydrogen-bond donors (Lipinski definition) is 8. The number of aliphatic hydroxyl groups excluding tert-OH is 1. The van der Waals surface area contributed by atoms with Crippen LogP contribution in [0.5, 0.6) is 0 Å². The minimum Gasteiger partial charge on any atom is -0.481 e. The number of carbonyl (C=O) groups is 6. The molecular formula is C22H31N5O9. The van der Waals surface area contributed by atoms with Gasteiger partial charge in [0.15, 0.2) is 0 Å². The van der Waals surface area contributed by atoms with E-state index in [0.29, 0.717) is 0 Å². The Labute approximate surface area is 206 Å². The fraction of sp³-hybridized carbons (Fsp3) is 0.455. The number of benzene rings is 1. The number of carboxylic acids is 2. The maximum atomic E-state index is 12.9. The van der Waals surface area contributed by atoms with E-state index < -0.39 is 79.2 Å². The first kappa shape index (κ1) is 30.0. The van der Waals surface area contributed by atoms with Gasteiger partial charge in [0.2, 0.25) is 23.6 Å². The van der Waals surface area contributed by atoms with E-state index in [2.05, 4.69) is 10.6 Å². The third-order valence-electron chi connectivity index (χ3n) is 5.02. The summed E-state index contributed by atoms with van der Waals surface area (Å²) in [7, 11) is 0. The van der Waals surface area contributed by atoms with Gasteiger partial charge in [-0.15, -0.1) is 0 Å². The average Bonchev–Trinajstić information content (AvgIpc) is 2.82. The first-order chi connectivity index (χ1) is 16.9. The zero-order valence-electron chi connectivity index (χ0n) is 19.4. The maximum Gasteiger partial charge on any atom is 0.328 e. The van der Waals surface area contributed by atoms with Gasteiger partial charge < -0.3 is 42.7 Å². The number of amides is 4. The van der Waals surface area contributed by atoms with Crippen LogP contribution in [-0.4, -0.2) is 81.7 Å². The number of primary amides is 1. The number of rotatable bonds is 16. The van der Waals surface area contributed by atoms with Crippen molar-refractivity contribution in [3.63, 3.8) is 0 Å². The normalized spacial score (nSPS) is 13.9. The third-order valence-corrected chi connectivity index (χ3v) is 5.02. The van der Waals surface area contributed by atoms with Gasteiger partial charge in [-0.25, -0.2) is 4.79 Å². The maximum absolute atomic E-state index is 12.9. The molecule has 14 heteroatoms. The van der Waals surface area contributed by atoms with E-state index in [1.807, 2.05) is 5.32 Å². The van der Waals surface area contributed by atoms with Gasteiger partial charge in [0.1, 0.15) is 18.1 Å². The van der Waals surface area contributed by atoms with E-state index in [0.717, 1.165) is 5.56 Å². The summed E-state index contributed by atoms with van der Waals surface area (Å²) < 4.78 is 0. The van der Waals surface area contributed by atoms with Crippen molar-refractivity contribution in [3.05, 3.63) is 35.9 Å². The highest BCUT2D eigenvalue weighted by molar-refractivity contribution is 5.94. The van der Waals surface area contributed by atoms with Gasteiger partial charge >= 0.3 is 11.9 Å². The summed E-state index contributed by atoms with van der Waals surface area (Å²) in [5, 5.41) is 33.7. The number of hydrogen-bond acceptors (Lipinski definition) is 8. The number of nitrogens with one attached hydrogen (secondary N) is 3. The highest BCUT2D eigenvalue weighted by Crippen LogP contribution is 2.06. The zero-order chi connectivity index (χ0) is 27.3. The lowest BCUT2D eigenvalue weighted by Gasteiger charge is -2.24. The molecule has 0 aliphatic rings. The van der Waals surface area contributed by atoms with Crippen LogP contribution in [0.2, 0.25) is 0 Å². The Hall–Kier alpha value is -4.04. The van der Waals surface area contributed by atoms with Gasteiger partial charge in [-0.2, -0.15) is 0 Å². The number of carbonyl (C=O) groups excluding carboxylic acids is 4. The monoisotopic (exact) mass is 509 g/mol. The van der Waals surface area contributed by atoms with Crippen molar-refractivity contribution in [2.75, 3.05) is 6.61 Å². The summed E-state index contributed by atoms with van der Waals surface area (Å²) in [5.74, 6) is -6.33. The van der Waals surface area contributed by atoms with Crippen LogP contribution in [0.15, 0.2) is 30.3 Å². The molecule has 198 valence electrons. The molecule has 4 unspecified atom stereocenters. The Morgan fingerprint density at radius 1 is 0.778 bits per heavy atom. The lowest BCUT2D eigenvalue weighted by Crippen LogP contribution is -2.57. The fourth-order valence-corrected chi connectivity index (χ4v) is 3.06. The SMILES string of the molecule is NC(=O)CCC(NC(=O)C(N)Cc1ccccc1)C(=O)NC(CCC(=O)O)C(=O)NC(CO)C(=O)O. The summed E-state index contributed by atoms with van der Waals surface area (Å²) in [6, 6.07) is 3.20. The Bertz CT molecular complexity index is 941. The van der Waals surface area contributed by atoms with Crippen molar-refractivity contribution in [1.29, 1.82) is 0 Å². The quantitative estimate of drug-likeness (QED) is 0.114. The van der Waals surface area contributed by atoms with Crippen LogP contribution < -0.4 is 27.4 Å². The molecule has 10 N–H and O–H groups in total. The van der Waals surface area contributed by atoms with Crippen LogP contribution in [0.3, 0.4) is 0 Å². The Morgan fingerprint density at radius 2 is 1.28 bits per heavy atom. The molecule has 1 aromatic rings. The molecule has 0 heterocycles.